The normalized spacial score (nSPS) is 16.2. The number of benzene rings is 2. The van der Waals surface area contributed by atoms with Crippen molar-refractivity contribution in [2.24, 2.45) is 5.73 Å². The van der Waals surface area contributed by atoms with Crippen molar-refractivity contribution >= 4 is 17.7 Å². The fourth-order valence-electron chi connectivity index (χ4n) is 3.13. The largest absolute Gasteiger partial charge is 0.465 e. The van der Waals surface area contributed by atoms with Gasteiger partial charge in [-0.2, -0.15) is 0 Å². The molecule has 0 amide bonds. The zero-order chi connectivity index (χ0) is 16.2. The lowest BCUT2D eigenvalue weighted by molar-refractivity contribution is 0.0600. The molecule has 0 aromatic heterocycles. The average Bonchev–Trinajstić information content (AvgIpc) is 2.75. The van der Waals surface area contributed by atoms with Gasteiger partial charge in [-0.25, -0.2) is 4.79 Å². The number of methoxy groups -OCH3 is 1. The van der Waals surface area contributed by atoms with Gasteiger partial charge >= 0.3 is 5.97 Å². The number of ether oxygens (including phenoxy) is 1. The molecule has 120 valence electrons. The summed E-state index contributed by atoms with van der Waals surface area (Å²) < 4.78 is 4.88. The average molecular weight is 327 g/mol. The van der Waals surface area contributed by atoms with E-state index in [9.17, 15) is 4.79 Å². The van der Waals surface area contributed by atoms with Gasteiger partial charge in [-0.3, -0.25) is 0 Å². The number of thioether (sulfide) groups is 1. The zero-order valence-electron chi connectivity index (χ0n) is 13.2. The molecule has 0 fully saturated rings. The first-order chi connectivity index (χ1) is 11.2. The summed E-state index contributed by atoms with van der Waals surface area (Å²) >= 11 is 1.85. The molecule has 0 saturated heterocycles. The molecule has 1 unspecified atom stereocenters. The van der Waals surface area contributed by atoms with Crippen LogP contribution < -0.4 is 5.73 Å². The van der Waals surface area contributed by atoms with E-state index in [0.29, 0.717) is 12.1 Å². The molecule has 2 N–H and O–H groups in total. The standard InChI is InChI=1S/C19H21NO2S/c1-22-19(21)15-9-8-14-7-6-13-4-2-3-5-16(13)18(17(14)12-15)23-11-10-20/h2-5,8-9,12,18H,6-7,10-11,20H2,1H3. The molecule has 0 heterocycles. The first-order valence-corrected chi connectivity index (χ1v) is 8.90. The summed E-state index contributed by atoms with van der Waals surface area (Å²) in [4.78, 5) is 11.9. The summed E-state index contributed by atoms with van der Waals surface area (Å²) in [5.41, 5.74) is 11.6. The van der Waals surface area contributed by atoms with Crippen LogP contribution in [0.5, 0.6) is 0 Å². The summed E-state index contributed by atoms with van der Waals surface area (Å²) in [5.74, 6) is 0.605. The van der Waals surface area contributed by atoms with Gasteiger partial charge in [0.1, 0.15) is 0 Å². The van der Waals surface area contributed by atoms with Crippen LogP contribution in [0, 0.1) is 0 Å². The third-order valence-corrected chi connectivity index (χ3v) is 5.57. The van der Waals surface area contributed by atoms with Crippen molar-refractivity contribution in [3.63, 3.8) is 0 Å². The summed E-state index contributed by atoms with van der Waals surface area (Å²) in [5, 5.41) is 0.219. The molecule has 3 nitrogen and oxygen atoms in total. The van der Waals surface area contributed by atoms with Crippen molar-refractivity contribution in [1.82, 2.24) is 0 Å². The highest BCUT2D eigenvalue weighted by atomic mass is 32.2. The van der Waals surface area contributed by atoms with E-state index in [1.165, 1.54) is 29.4 Å². The molecular formula is C19H21NO2S. The number of aryl methyl sites for hydroxylation is 2. The van der Waals surface area contributed by atoms with Gasteiger partial charge in [-0.05, 0) is 47.2 Å². The third-order valence-electron chi connectivity index (χ3n) is 4.25. The number of nitrogens with two attached hydrogens (primary N) is 1. The quantitative estimate of drug-likeness (QED) is 0.875. The minimum atomic E-state index is -0.284. The Morgan fingerprint density at radius 2 is 1.91 bits per heavy atom. The highest BCUT2D eigenvalue weighted by Crippen LogP contribution is 2.41. The fourth-order valence-corrected chi connectivity index (χ4v) is 4.31. The van der Waals surface area contributed by atoms with Gasteiger partial charge in [0.2, 0.25) is 0 Å². The van der Waals surface area contributed by atoms with E-state index in [1.54, 1.807) is 0 Å². The Kier molecular flexibility index (Phi) is 5.03. The van der Waals surface area contributed by atoms with Crippen LogP contribution in [0.1, 0.15) is 37.9 Å². The van der Waals surface area contributed by atoms with Crippen LogP contribution in [0.2, 0.25) is 0 Å². The molecule has 2 aromatic carbocycles. The number of esters is 1. The summed E-state index contributed by atoms with van der Waals surface area (Å²) in [6.07, 6.45) is 2.02. The van der Waals surface area contributed by atoms with Crippen molar-refractivity contribution in [2.45, 2.75) is 18.1 Å². The lowest BCUT2D eigenvalue weighted by atomic mass is 9.97. The topological polar surface area (TPSA) is 52.3 Å². The molecule has 2 aromatic rings. The second-order valence-corrected chi connectivity index (χ2v) is 6.86. The number of carbonyl (C=O) groups excluding carboxylic acids is 1. The Morgan fingerprint density at radius 1 is 1.17 bits per heavy atom. The lowest BCUT2D eigenvalue weighted by Gasteiger charge is -2.20. The predicted octanol–water partition coefficient (Wildman–Crippen LogP) is 3.35. The van der Waals surface area contributed by atoms with Crippen molar-refractivity contribution in [2.75, 3.05) is 19.4 Å². The molecule has 0 spiro atoms. The zero-order valence-corrected chi connectivity index (χ0v) is 14.1. The number of hydrogen-bond donors (Lipinski definition) is 1. The van der Waals surface area contributed by atoms with Gasteiger partial charge in [0.15, 0.2) is 0 Å². The maximum atomic E-state index is 11.9. The molecule has 23 heavy (non-hydrogen) atoms. The van der Waals surface area contributed by atoms with Gasteiger partial charge in [0.05, 0.1) is 17.9 Å². The number of hydrogen-bond acceptors (Lipinski definition) is 4. The van der Waals surface area contributed by atoms with E-state index in [1.807, 2.05) is 23.9 Å². The predicted molar refractivity (Wildman–Crippen MR) is 95.0 cm³/mol. The summed E-state index contributed by atoms with van der Waals surface area (Å²) in [6.45, 7) is 0.648. The van der Waals surface area contributed by atoms with Crippen molar-refractivity contribution in [1.29, 1.82) is 0 Å². The van der Waals surface area contributed by atoms with Crippen LogP contribution in [0.3, 0.4) is 0 Å². The molecule has 4 heteroatoms. The van der Waals surface area contributed by atoms with Gasteiger partial charge < -0.3 is 10.5 Å². The van der Waals surface area contributed by atoms with E-state index >= 15 is 0 Å². The van der Waals surface area contributed by atoms with Gasteiger partial charge in [-0.15, -0.1) is 11.8 Å². The van der Waals surface area contributed by atoms with Gasteiger partial charge in [-0.1, -0.05) is 30.3 Å². The molecule has 0 bridgehead atoms. The highest BCUT2D eigenvalue weighted by molar-refractivity contribution is 7.99. The Balaban J connectivity index is 2.10. The molecule has 3 rings (SSSR count). The summed E-state index contributed by atoms with van der Waals surface area (Å²) in [6, 6.07) is 14.5. The summed E-state index contributed by atoms with van der Waals surface area (Å²) in [7, 11) is 1.42. The number of carbonyl (C=O) groups is 1. The van der Waals surface area contributed by atoms with E-state index in [2.05, 4.69) is 30.3 Å². The fraction of sp³-hybridized carbons (Fsp3) is 0.316. The molecule has 0 radical (unpaired) electrons. The van der Waals surface area contributed by atoms with E-state index in [-0.39, 0.29) is 11.2 Å². The van der Waals surface area contributed by atoms with Crippen LogP contribution >= 0.6 is 11.8 Å². The van der Waals surface area contributed by atoms with Crippen LogP contribution in [-0.2, 0) is 17.6 Å². The Labute approximate surface area is 141 Å². The molecule has 0 saturated carbocycles. The highest BCUT2D eigenvalue weighted by Gasteiger charge is 2.24. The molecule has 1 aliphatic rings. The molecule has 1 aliphatic carbocycles. The minimum absolute atomic E-state index is 0.219. The van der Waals surface area contributed by atoms with Crippen molar-refractivity contribution in [3.05, 3.63) is 70.3 Å². The van der Waals surface area contributed by atoms with Crippen molar-refractivity contribution < 1.29 is 9.53 Å². The SMILES string of the molecule is COC(=O)c1ccc2c(c1)C(SCCN)c1ccccc1CC2. The Bertz CT molecular complexity index is 714. The molecule has 1 atom stereocenters. The monoisotopic (exact) mass is 327 g/mol. The Morgan fingerprint density at radius 3 is 2.65 bits per heavy atom. The second kappa shape index (κ2) is 7.20. The van der Waals surface area contributed by atoms with E-state index in [0.717, 1.165) is 18.6 Å². The molecule has 0 aliphatic heterocycles. The lowest BCUT2D eigenvalue weighted by Crippen LogP contribution is -2.08. The smallest absolute Gasteiger partial charge is 0.337 e. The first-order valence-electron chi connectivity index (χ1n) is 7.85. The van der Waals surface area contributed by atoms with Crippen LogP contribution in [0.25, 0.3) is 0 Å². The van der Waals surface area contributed by atoms with Crippen LogP contribution in [0.4, 0.5) is 0 Å². The van der Waals surface area contributed by atoms with Gasteiger partial charge in [0.25, 0.3) is 0 Å². The van der Waals surface area contributed by atoms with Crippen LogP contribution in [0.15, 0.2) is 42.5 Å². The second-order valence-electron chi connectivity index (χ2n) is 5.64. The van der Waals surface area contributed by atoms with Gasteiger partial charge in [0, 0.05) is 12.3 Å². The van der Waals surface area contributed by atoms with E-state index < -0.39 is 0 Å². The molecular weight excluding hydrogens is 306 g/mol. The number of fused-ring (bicyclic) bond motifs is 2. The minimum Gasteiger partial charge on any atom is -0.465 e. The third kappa shape index (κ3) is 3.28. The maximum Gasteiger partial charge on any atom is 0.337 e. The number of rotatable bonds is 4. The first kappa shape index (κ1) is 16.1. The van der Waals surface area contributed by atoms with Crippen LogP contribution in [-0.4, -0.2) is 25.4 Å². The van der Waals surface area contributed by atoms with Crippen molar-refractivity contribution in [3.8, 4) is 0 Å². The Hall–Kier alpha value is -1.78. The maximum absolute atomic E-state index is 11.9. The van der Waals surface area contributed by atoms with E-state index in [4.69, 9.17) is 10.5 Å².